The van der Waals surface area contributed by atoms with Crippen LogP contribution < -0.4 is 10.1 Å². The van der Waals surface area contributed by atoms with E-state index in [0.29, 0.717) is 11.6 Å². The van der Waals surface area contributed by atoms with Crippen LogP contribution in [-0.2, 0) is 13.2 Å². The van der Waals surface area contributed by atoms with Crippen molar-refractivity contribution in [3.8, 4) is 5.75 Å². The maximum Gasteiger partial charge on any atom is 0.138 e. The quantitative estimate of drug-likeness (QED) is 0.805. The fourth-order valence-electron chi connectivity index (χ4n) is 1.87. The van der Waals surface area contributed by atoms with Crippen molar-refractivity contribution in [3.63, 3.8) is 0 Å². The topological polar surface area (TPSA) is 21.3 Å². The maximum absolute atomic E-state index is 6.29. The molecule has 4 heteroatoms. The average Bonchev–Trinajstić information content (AvgIpc) is 2.44. The van der Waals surface area contributed by atoms with Gasteiger partial charge in [0.25, 0.3) is 0 Å². The molecule has 0 amide bonds. The van der Waals surface area contributed by atoms with Gasteiger partial charge in [0.1, 0.15) is 12.4 Å². The Morgan fingerprint density at radius 2 is 1.68 bits per heavy atom. The normalized spacial score (nSPS) is 10.9. The van der Waals surface area contributed by atoms with Crippen LogP contribution in [0.2, 0.25) is 5.02 Å². The van der Waals surface area contributed by atoms with Crippen LogP contribution in [0, 0.1) is 0 Å². The molecule has 0 saturated carbocycles. The summed E-state index contributed by atoms with van der Waals surface area (Å²) in [7, 11) is 0. The van der Waals surface area contributed by atoms with E-state index in [1.54, 1.807) is 0 Å². The number of hydrogen-bond acceptors (Lipinski definition) is 2. The van der Waals surface area contributed by atoms with E-state index >= 15 is 0 Å². The van der Waals surface area contributed by atoms with Gasteiger partial charge in [-0.15, -0.1) is 12.4 Å². The van der Waals surface area contributed by atoms with Crippen molar-refractivity contribution in [2.75, 3.05) is 0 Å². The van der Waals surface area contributed by atoms with Crippen molar-refractivity contribution in [2.24, 2.45) is 0 Å². The van der Waals surface area contributed by atoms with E-state index < -0.39 is 0 Å². The Labute approximate surface area is 144 Å². The summed E-state index contributed by atoms with van der Waals surface area (Å²) in [6.07, 6.45) is 0. The van der Waals surface area contributed by atoms with Gasteiger partial charge in [0.2, 0.25) is 0 Å². The lowest BCUT2D eigenvalue weighted by molar-refractivity contribution is 0.306. The molecule has 120 valence electrons. The highest BCUT2D eigenvalue weighted by Gasteiger charge is 2.09. The van der Waals surface area contributed by atoms with Crippen LogP contribution in [0.15, 0.2) is 48.5 Å². The van der Waals surface area contributed by atoms with Gasteiger partial charge >= 0.3 is 0 Å². The van der Waals surface area contributed by atoms with Crippen LogP contribution in [0.4, 0.5) is 0 Å². The molecular weight excluding hydrogens is 317 g/mol. The molecule has 0 spiro atoms. The number of ether oxygens (including phenoxy) is 1. The first-order valence-corrected chi connectivity index (χ1v) is 7.52. The van der Waals surface area contributed by atoms with Gasteiger partial charge in [-0.2, -0.15) is 0 Å². The first-order valence-electron chi connectivity index (χ1n) is 7.14. The van der Waals surface area contributed by atoms with Gasteiger partial charge in [0, 0.05) is 12.1 Å². The van der Waals surface area contributed by atoms with Crippen LogP contribution in [0.3, 0.4) is 0 Å². The van der Waals surface area contributed by atoms with Crippen molar-refractivity contribution in [3.05, 3.63) is 64.7 Å². The van der Waals surface area contributed by atoms with Gasteiger partial charge in [-0.25, -0.2) is 0 Å². The van der Waals surface area contributed by atoms with Gasteiger partial charge in [-0.05, 0) is 44.0 Å². The molecular formula is C18H23Cl2NO. The molecule has 0 aliphatic heterocycles. The van der Waals surface area contributed by atoms with Gasteiger partial charge in [0.05, 0.1) is 5.02 Å². The molecule has 0 atom stereocenters. The number of nitrogens with one attached hydrogen (secondary N) is 1. The largest absolute Gasteiger partial charge is 0.487 e. The van der Waals surface area contributed by atoms with E-state index in [4.69, 9.17) is 16.3 Å². The molecule has 22 heavy (non-hydrogen) atoms. The summed E-state index contributed by atoms with van der Waals surface area (Å²) < 4.78 is 5.77. The highest BCUT2D eigenvalue weighted by atomic mass is 35.5. The molecule has 2 nitrogen and oxygen atoms in total. The fourth-order valence-corrected chi connectivity index (χ4v) is 2.13. The van der Waals surface area contributed by atoms with Crippen LogP contribution in [0.5, 0.6) is 5.75 Å². The molecule has 0 bridgehead atoms. The third-order valence-electron chi connectivity index (χ3n) is 3.06. The number of halogens is 2. The molecule has 0 aliphatic rings. The minimum atomic E-state index is 0. The highest BCUT2D eigenvalue weighted by Crippen LogP contribution is 2.26. The SMILES string of the molecule is CC(C)(C)NCc1ccc(OCc2ccccc2)c(Cl)c1.Cl. The molecule has 0 saturated heterocycles. The summed E-state index contributed by atoms with van der Waals surface area (Å²) in [5.41, 5.74) is 2.38. The Hall–Kier alpha value is -1.22. The lowest BCUT2D eigenvalue weighted by atomic mass is 10.1. The standard InChI is InChI=1S/C18H22ClNO.ClH/c1-18(2,3)20-12-15-9-10-17(16(19)11-15)21-13-14-7-5-4-6-8-14;/h4-11,20H,12-13H2,1-3H3;1H. The summed E-state index contributed by atoms with van der Waals surface area (Å²) in [5, 5.41) is 4.10. The Kier molecular flexibility index (Phi) is 7.21. The third kappa shape index (κ3) is 6.27. The fraction of sp³-hybridized carbons (Fsp3) is 0.333. The number of rotatable bonds is 5. The second kappa shape index (κ2) is 8.42. The summed E-state index contributed by atoms with van der Waals surface area (Å²) in [5.74, 6) is 0.722. The number of hydrogen-bond donors (Lipinski definition) is 1. The van der Waals surface area contributed by atoms with Gasteiger partial charge in [0.15, 0.2) is 0 Å². The van der Waals surface area contributed by atoms with Crippen molar-refractivity contribution in [2.45, 2.75) is 39.5 Å². The summed E-state index contributed by atoms with van der Waals surface area (Å²) >= 11 is 6.29. The maximum atomic E-state index is 6.29. The predicted molar refractivity (Wildman–Crippen MR) is 96.1 cm³/mol. The van der Waals surface area contributed by atoms with E-state index in [-0.39, 0.29) is 17.9 Å². The van der Waals surface area contributed by atoms with E-state index in [1.807, 2.05) is 48.5 Å². The van der Waals surface area contributed by atoms with Crippen molar-refractivity contribution >= 4 is 24.0 Å². The Bertz CT molecular complexity index is 579. The first kappa shape index (κ1) is 18.8. The Morgan fingerprint density at radius 3 is 2.27 bits per heavy atom. The molecule has 1 N–H and O–H groups in total. The summed E-state index contributed by atoms with van der Waals surface area (Å²) in [4.78, 5) is 0. The summed E-state index contributed by atoms with van der Waals surface area (Å²) in [6.45, 7) is 7.76. The second-order valence-corrected chi connectivity index (χ2v) is 6.55. The highest BCUT2D eigenvalue weighted by molar-refractivity contribution is 6.32. The molecule has 2 rings (SSSR count). The van der Waals surface area contributed by atoms with Crippen molar-refractivity contribution in [1.82, 2.24) is 5.32 Å². The molecule has 0 fully saturated rings. The van der Waals surface area contributed by atoms with Gasteiger partial charge in [-0.1, -0.05) is 48.0 Å². The monoisotopic (exact) mass is 339 g/mol. The molecule has 0 heterocycles. The van der Waals surface area contributed by atoms with E-state index in [0.717, 1.165) is 23.4 Å². The summed E-state index contributed by atoms with van der Waals surface area (Å²) in [6, 6.07) is 16.0. The van der Waals surface area contributed by atoms with Gasteiger partial charge in [-0.3, -0.25) is 0 Å². The zero-order chi connectivity index (χ0) is 15.3. The van der Waals surface area contributed by atoms with Crippen LogP contribution in [0.25, 0.3) is 0 Å². The average molecular weight is 340 g/mol. The zero-order valence-electron chi connectivity index (χ0n) is 13.2. The number of benzene rings is 2. The van der Waals surface area contributed by atoms with Crippen LogP contribution in [0.1, 0.15) is 31.9 Å². The predicted octanol–water partition coefficient (Wildman–Crippen LogP) is 5.23. The first-order chi connectivity index (χ1) is 9.94. The lowest BCUT2D eigenvalue weighted by Crippen LogP contribution is -2.35. The van der Waals surface area contributed by atoms with Crippen molar-refractivity contribution in [1.29, 1.82) is 0 Å². The zero-order valence-corrected chi connectivity index (χ0v) is 14.8. The molecule has 0 radical (unpaired) electrons. The van der Waals surface area contributed by atoms with E-state index in [2.05, 4.69) is 26.1 Å². The smallest absolute Gasteiger partial charge is 0.138 e. The van der Waals surface area contributed by atoms with Crippen LogP contribution in [-0.4, -0.2) is 5.54 Å². The lowest BCUT2D eigenvalue weighted by Gasteiger charge is -2.20. The molecule has 0 aliphatic carbocycles. The Morgan fingerprint density at radius 1 is 1.00 bits per heavy atom. The van der Waals surface area contributed by atoms with E-state index in [1.165, 1.54) is 0 Å². The van der Waals surface area contributed by atoms with Crippen LogP contribution >= 0.6 is 24.0 Å². The minimum absolute atomic E-state index is 0. The van der Waals surface area contributed by atoms with Crippen molar-refractivity contribution < 1.29 is 4.74 Å². The molecule has 2 aromatic rings. The minimum Gasteiger partial charge on any atom is -0.487 e. The Balaban J connectivity index is 0.00000242. The molecule has 0 aromatic heterocycles. The molecule has 0 unspecified atom stereocenters. The van der Waals surface area contributed by atoms with Gasteiger partial charge < -0.3 is 10.1 Å². The second-order valence-electron chi connectivity index (χ2n) is 6.14. The third-order valence-corrected chi connectivity index (χ3v) is 3.35. The molecule has 2 aromatic carbocycles. The van der Waals surface area contributed by atoms with E-state index in [9.17, 15) is 0 Å².